The van der Waals surface area contributed by atoms with Crippen molar-refractivity contribution >= 4 is 34.5 Å². The van der Waals surface area contributed by atoms with Crippen LogP contribution in [-0.4, -0.2) is 29.9 Å². The Kier molecular flexibility index (Phi) is 4.93. The number of rotatable bonds is 4. The van der Waals surface area contributed by atoms with Crippen molar-refractivity contribution in [2.75, 3.05) is 18.0 Å². The molecule has 0 bridgehead atoms. The number of ketones is 1. The van der Waals surface area contributed by atoms with Crippen LogP contribution in [0.15, 0.2) is 51.2 Å². The monoisotopic (exact) mass is 429 g/mol. The van der Waals surface area contributed by atoms with Gasteiger partial charge in [0.2, 0.25) is 0 Å². The van der Waals surface area contributed by atoms with Gasteiger partial charge in [-0.05, 0) is 79.6 Å². The predicted octanol–water partition coefficient (Wildman–Crippen LogP) is 4.48. The maximum Gasteiger partial charge on any atom is 0.347 e. The molecule has 0 unspecified atom stereocenters. The van der Waals surface area contributed by atoms with Gasteiger partial charge in [-0.1, -0.05) is 12.1 Å². The molecule has 2 aliphatic rings. The van der Waals surface area contributed by atoms with Gasteiger partial charge in [-0.15, -0.1) is 0 Å². The van der Waals surface area contributed by atoms with Gasteiger partial charge in [-0.2, -0.15) is 0 Å². The number of anilines is 1. The van der Waals surface area contributed by atoms with E-state index in [2.05, 4.69) is 11.0 Å². The van der Waals surface area contributed by atoms with Crippen molar-refractivity contribution in [1.29, 1.82) is 0 Å². The predicted molar refractivity (Wildman–Crippen MR) is 123 cm³/mol. The van der Waals surface area contributed by atoms with Crippen LogP contribution in [0.2, 0.25) is 0 Å². The van der Waals surface area contributed by atoms with Gasteiger partial charge in [0, 0.05) is 29.7 Å². The van der Waals surface area contributed by atoms with Gasteiger partial charge in [0.1, 0.15) is 11.1 Å². The van der Waals surface area contributed by atoms with E-state index in [4.69, 9.17) is 9.52 Å². The summed E-state index contributed by atoms with van der Waals surface area (Å²) in [4.78, 5) is 39.3. The van der Waals surface area contributed by atoms with E-state index < -0.39 is 17.4 Å². The van der Waals surface area contributed by atoms with E-state index in [0.717, 1.165) is 49.7 Å². The zero-order chi connectivity index (χ0) is 22.4. The highest BCUT2D eigenvalue weighted by Gasteiger charge is 2.27. The van der Waals surface area contributed by atoms with Crippen LogP contribution in [0.25, 0.3) is 17.0 Å². The Morgan fingerprint density at radius 2 is 1.78 bits per heavy atom. The maximum atomic E-state index is 13.1. The molecule has 2 aliphatic heterocycles. The molecule has 1 N–H and O–H groups in total. The molecule has 0 saturated carbocycles. The Morgan fingerprint density at radius 3 is 2.50 bits per heavy atom. The van der Waals surface area contributed by atoms with Gasteiger partial charge in [-0.25, -0.2) is 9.59 Å². The SMILES string of the molecule is C/C(=C\c1ccc(C(=O)O)cc1)C(=O)c1cc2cc3c4c(c2oc1=O)CCCN4CCC3. The van der Waals surface area contributed by atoms with Crippen LogP contribution in [0.5, 0.6) is 0 Å². The van der Waals surface area contributed by atoms with Crippen LogP contribution in [-0.2, 0) is 12.8 Å². The molecule has 0 atom stereocenters. The molecule has 0 radical (unpaired) electrons. The quantitative estimate of drug-likeness (QED) is 0.374. The number of aryl methyl sites for hydroxylation is 2. The summed E-state index contributed by atoms with van der Waals surface area (Å²) in [5.41, 5.74) is 4.80. The zero-order valence-electron chi connectivity index (χ0n) is 17.8. The molecule has 1 aromatic heterocycles. The Hall–Kier alpha value is -3.67. The number of fused-ring (bicyclic) bond motifs is 2. The van der Waals surface area contributed by atoms with Crippen LogP contribution < -0.4 is 10.5 Å². The summed E-state index contributed by atoms with van der Waals surface area (Å²) in [6.45, 7) is 3.71. The van der Waals surface area contributed by atoms with Gasteiger partial charge >= 0.3 is 11.6 Å². The molecule has 2 aromatic carbocycles. The minimum Gasteiger partial charge on any atom is -0.478 e. The highest BCUT2D eigenvalue weighted by molar-refractivity contribution is 6.12. The highest BCUT2D eigenvalue weighted by Crippen LogP contribution is 2.39. The molecule has 0 amide bonds. The van der Waals surface area contributed by atoms with Gasteiger partial charge in [0.15, 0.2) is 5.78 Å². The van der Waals surface area contributed by atoms with Crippen molar-refractivity contribution in [3.63, 3.8) is 0 Å². The number of benzene rings is 2. The smallest absolute Gasteiger partial charge is 0.347 e. The number of aromatic carboxylic acids is 1. The third kappa shape index (κ3) is 3.42. The number of nitrogens with zero attached hydrogens (tertiary/aromatic N) is 1. The van der Waals surface area contributed by atoms with E-state index in [0.29, 0.717) is 16.7 Å². The molecule has 5 rings (SSSR count). The number of hydrogen-bond donors (Lipinski definition) is 1. The molecule has 0 spiro atoms. The maximum absolute atomic E-state index is 13.1. The first-order valence-corrected chi connectivity index (χ1v) is 10.9. The first-order valence-electron chi connectivity index (χ1n) is 10.9. The van der Waals surface area contributed by atoms with Gasteiger partial charge in [0.25, 0.3) is 0 Å². The van der Waals surface area contributed by atoms with Crippen LogP contribution >= 0.6 is 0 Å². The molecular weight excluding hydrogens is 406 g/mol. The number of carbonyl (C=O) groups excluding carboxylic acids is 1. The fraction of sp³-hybridized carbons (Fsp3) is 0.269. The zero-order valence-corrected chi connectivity index (χ0v) is 17.8. The second kappa shape index (κ2) is 7.79. The molecular formula is C26H23NO5. The largest absolute Gasteiger partial charge is 0.478 e. The lowest BCUT2D eigenvalue weighted by molar-refractivity contribution is 0.0696. The van der Waals surface area contributed by atoms with Crippen LogP contribution in [0.4, 0.5) is 5.69 Å². The topological polar surface area (TPSA) is 87.8 Å². The molecule has 32 heavy (non-hydrogen) atoms. The Balaban J connectivity index is 1.54. The summed E-state index contributed by atoms with van der Waals surface area (Å²) in [5, 5.41) is 9.82. The molecule has 0 saturated heterocycles. The average molecular weight is 429 g/mol. The van der Waals surface area contributed by atoms with E-state index in [1.807, 2.05) is 0 Å². The molecule has 6 nitrogen and oxygen atoms in total. The summed E-state index contributed by atoms with van der Waals surface area (Å²) in [7, 11) is 0. The van der Waals surface area contributed by atoms with E-state index in [1.165, 1.54) is 23.4 Å². The second-order valence-corrected chi connectivity index (χ2v) is 8.51. The van der Waals surface area contributed by atoms with Crippen LogP contribution in [0.1, 0.15) is 57.2 Å². The minimum atomic E-state index is -1.01. The summed E-state index contributed by atoms with van der Waals surface area (Å²) < 4.78 is 5.73. The summed E-state index contributed by atoms with van der Waals surface area (Å²) in [6, 6.07) is 9.95. The lowest BCUT2D eigenvalue weighted by Crippen LogP contribution is -2.34. The third-order valence-corrected chi connectivity index (χ3v) is 6.36. The number of Topliss-reactive ketones (excluding diaryl/α,β-unsaturated/α-hetero) is 1. The first-order chi connectivity index (χ1) is 15.4. The van der Waals surface area contributed by atoms with E-state index in [1.54, 1.807) is 31.2 Å². The Labute approximate surface area is 184 Å². The van der Waals surface area contributed by atoms with Crippen molar-refractivity contribution in [2.45, 2.75) is 32.6 Å². The second-order valence-electron chi connectivity index (χ2n) is 8.51. The van der Waals surface area contributed by atoms with Crippen molar-refractivity contribution < 1.29 is 19.1 Å². The van der Waals surface area contributed by atoms with Gasteiger partial charge < -0.3 is 14.4 Å². The Bertz CT molecular complexity index is 1350. The molecule has 0 fully saturated rings. The summed E-state index contributed by atoms with van der Waals surface area (Å²) in [5.74, 6) is -1.40. The molecule has 3 aromatic rings. The third-order valence-electron chi connectivity index (χ3n) is 6.36. The molecule has 6 heteroatoms. The summed E-state index contributed by atoms with van der Waals surface area (Å²) >= 11 is 0. The molecule has 3 heterocycles. The number of allylic oxidation sites excluding steroid dienone is 1. The summed E-state index contributed by atoms with van der Waals surface area (Å²) in [6.07, 6.45) is 5.63. The molecule has 162 valence electrons. The fourth-order valence-corrected chi connectivity index (χ4v) is 4.85. The van der Waals surface area contributed by atoms with Crippen molar-refractivity contribution in [1.82, 2.24) is 0 Å². The Morgan fingerprint density at radius 1 is 1.06 bits per heavy atom. The lowest BCUT2D eigenvalue weighted by Gasteiger charge is -2.37. The van der Waals surface area contributed by atoms with E-state index >= 15 is 0 Å². The van der Waals surface area contributed by atoms with Crippen molar-refractivity contribution in [2.24, 2.45) is 0 Å². The van der Waals surface area contributed by atoms with E-state index in [-0.39, 0.29) is 11.1 Å². The fourth-order valence-electron chi connectivity index (χ4n) is 4.85. The first kappa shape index (κ1) is 20.2. The average Bonchev–Trinajstić information content (AvgIpc) is 2.79. The number of hydrogen-bond acceptors (Lipinski definition) is 5. The standard InChI is InChI=1S/C26H23NO5/c1-15(12-16-6-8-17(9-7-16)25(29)30)23(28)21-14-19-13-18-4-2-10-27-11-3-5-20(22(18)27)24(19)32-26(21)31/h6-9,12-14H,2-5,10-11H2,1H3,(H,29,30)/b15-12+. The van der Waals surface area contributed by atoms with Crippen molar-refractivity contribution in [3.05, 3.63) is 80.2 Å². The van der Waals surface area contributed by atoms with Crippen LogP contribution in [0, 0.1) is 0 Å². The van der Waals surface area contributed by atoms with Crippen molar-refractivity contribution in [3.8, 4) is 0 Å². The van der Waals surface area contributed by atoms with Crippen LogP contribution in [0.3, 0.4) is 0 Å². The lowest BCUT2D eigenvalue weighted by atomic mass is 9.89. The minimum absolute atomic E-state index is 0.0176. The van der Waals surface area contributed by atoms with Gasteiger partial charge in [0.05, 0.1) is 5.56 Å². The number of carbonyl (C=O) groups is 2. The van der Waals surface area contributed by atoms with E-state index in [9.17, 15) is 14.4 Å². The number of carboxylic acid groups (broad SMARTS) is 1. The normalized spacial score (nSPS) is 15.5. The number of carboxylic acids is 1. The molecule has 0 aliphatic carbocycles. The van der Waals surface area contributed by atoms with Gasteiger partial charge in [-0.3, -0.25) is 4.79 Å². The highest BCUT2D eigenvalue weighted by atomic mass is 16.4.